The molecule has 1 saturated heterocycles. The highest BCUT2D eigenvalue weighted by Crippen LogP contribution is 2.39. The van der Waals surface area contributed by atoms with Crippen LogP contribution >= 0.6 is 0 Å². The maximum atomic E-state index is 12.9. The van der Waals surface area contributed by atoms with Gasteiger partial charge in [0.2, 0.25) is 0 Å². The van der Waals surface area contributed by atoms with Crippen LogP contribution in [0.4, 0.5) is 5.69 Å². The van der Waals surface area contributed by atoms with Crippen LogP contribution in [0, 0.1) is 17.0 Å². The van der Waals surface area contributed by atoms with Crippen molar-refractivity contribution in [1.29, 1.82) is 0 Å². The number of likely N-dealkylation sites (N-methyl/N-ethyl adjacent to an activating group) is 1. The minimum Gasteiger partial charge on any atom is -0.507 e. The van der Waals surface area contributed by atoms with Crippen LogP contribution in [0.25, 0.3) is 5.76 Å². The van der Waals surface area contributed by atoms with Crippen LogP contribution in [0.2, 0.25) is 0 Å². The van der Waals surface area contributed by atoms with Crippen LogP contribution in [0.1, 0.15) is 22.7 Å². The molecule has 0 aliphatic carbocycles. The van der Waals surface area contributed by atoms with E-state index in [0.717, 1.165) is 5.56 Å². The van der Waals surface area contributed by atoms with Crippen molar-refractivity contribution in [3.05, 3.63) is 80.9 Å². The standard InChI is InChI=1S/C22H23N3O5/c1-14-4-6-16(7-5-14)20(26)18-19(15-8-10-17(11-9-15)25(29)30)24(13-12-23(2)3)22(28)21(18)27/h4-11,19,26H,12-13H2,1-3H3/t19-/m0/s1. The van der Waals surface area contributed by atoms with Gasteiger partial charge in [0.25, 0.3) is 17.4 Å². The van der Waals surface area contributed by atoms with Gasteiger partial charge in [-0.3, -0.25) is 19.7 Å². The number of benzene rings is 2. The van der Waals surface area contributed by atoms with Crippen LogP contribution in [0.15, 0.2) is 54.1 Å². The topological polar surface area (TPSA) is 104 Å². The largest absolute Gasteiger partial charge is 0.507 e. The SMILES string of the molecule is Cc1ccc(C(O)=C2C(=O)C(=O)N(CCN(C)C)[C@H]2c2ccc([N+](=O)[O-])cc2)cc1. The number of amides is 1. The smallest absolute Gasteiger partial charge is 0.295 e. The van der Waals surface area contributed by atoms with Crippen molar-refractivity contribution in [1.82, 2.24) is 9.80 Å². The Morgan fingerprint density at radius 2 is 1.70 bits per heavy atom. The van der Waals surface area contributed by atoms with E-state index in [2.05, 4.69) is 0 Å². The Hall–Kier alpha value is -3.52. The average Bonchev–Trinajstić information content (AvgIpc) is 2.97. The van der Waals surface area contributed by atoms with Crippen molar-refractivity contribution in [3.8, 4) is 0 Å². The number of aliphatic hydroxyl groups excluding tert-OH is 1. The normalized spacial score (nSPS) is 18.3. The first-order chi connectivity index (χ1) is 14.2. The molecule has 1 fully saturated rings. The van der Waals surface area contributed by atoms with Gasteiger partial charge in [-0.15, -0.1) is 0 Å². The molecule has 30 heavy (non-hydrogen) atoms. The molecule has 1 amide bonds. The lowest BCUT2D eigenvalue weighted by molar-refractivity contribution is -0.384. The van der Waals surface area contributed by atoms with E-state index in [4.69, 9.17) is 0 Å². The van der Waals surface area contributed by atoms with E-state index in [1.807, 2.05) is 25.9 Å². The summed E-state index contributed by atoms with van der Waals surface area (Å²) in [6.07, 6.45) is 0. The summed E-state index contributed by atoms with van der Waals surface area (Å²) in [5.74, 6) is -1.73. The van der Waals surface area contributed by atoms with Crippen molar-refractivity contribution in [2.24, 2.45) is 0 Å². The summed E-state index contributed by atoms with van der Waals surface area (Å²) >= 11 is 0. The number of aliphatic hydroxyl groups is 1. The summed E-state index contributed by atoms with van der Waals surface area (Å²) in [5.41, 5.74) is 1.83. The third-order valence-corrected chi connectivity index (χ3v) is 5.07. The van der Waals surface area contributed by atoms with Crippen LogP contribution < -0.4 is 0 Å². The lowest BCUT2D eigenvalue weighted by Gasteiger charge is -2.26. The molecular weight excluding hydrogens is 386 g/mol. The van der Waals surface area contributed by atoms with Gasteiger partial charge in [-0.2, -0.15) is 0 Å². The second-order valence-corrected chi connectivity index (χ2v) is 7.51. The lowest BCUT2D eigenvalue weighted by Crippen LogP contribution is -2.35. The van der Waals surface area contributed by atoms with E-state index in [9.17, 15) is 24.8 Å². The summed E-state index contributed by atoms with van der Waals surface area (Å²) < 4.78 is 0. The van der Waals surface area contributed by atoms with E-state index >= 15 is 0 Å². The first-order valence-electron chi connectivity index (χ1n) is 9.45. The van der Waals surface area contributed by atoms with Gasteiger partial charge in [0.15, 0.2) is 0 Å². The van der Waals surface area contributed by atoms with Gasteiger partial charge >= 0.3 is 0 Å². The minimum absolute atomic E-state index is 0.0172. The number of carbonyl (C=O) groups excluding carboxylic acids is 2. The Balaban J connectivity index is 2.13. The van der Waals surface area contributed by atoms with Crippen molar-refractivity contribution in [3.63, 3.8) is 0 Å². The number of likely N-dealkylation sites (tertiary alicyclic amines) is 1. The van der Waals surface area contributed by atoms with Crippen LogP contribution in [0.3, 0.4) is 0 Å². The molecule has 1 N–H and O–H groups in total. The van der Waals surface area contributed by atoms with Gasteiger partial charge < -0.3 is 14.9 Å². The minimum atomic E-state index is -0.827. The van der Waals surface area contributed by atoms with E-state index in [-0.39, 0.29) is 23.6 Å². The molecule has 1 heterocycles. The van der Waals surface area contributed by atoms with Gasteiger partial charge in [0.1, 0.15) is 5.76 Å². The Morgan fingerprint density at radius 1 is 1.10 bits per heavy atom. The van der Waals surface area contributed by atoms with Crippen molar-refractivity contribution < 1.29 is 19.6 Å². The van der Waals surface area contributed by atoms with Crippen LogP contribution in [0.5, 0.6) is 0 Å². The monoisotopic (exact) mass is 409 g/mol. The number of ketones is 1. The first kappa shape index (κ1) is 21.2. The van der Waals surface area contributed by atoms with Gasteiger partial charge in [-0.05, 0) is 38.7 Å². The molecule has 8 nitrogen and oxygen atoms in total. The maximum absolute atomic E-state index is 12.9. The molecule has 0 spiro atoms. The van der Waals surface area contributed by atoms with E-state index in [1.54, 1.807) is 24.3 Å². The second kappa shape index (κ2) is 8.46. The molecule has 0 unspecified atom stereocenters. The highest BCUT2D eigenvalue weighted by atomic mass is 16.6. The molecule has 2 aromatic rings. The summed E-state index contributed by atoms with van der Waals surface area (Å²) in [6.45, 7) is 2.69. The summed E-state index contributed by atoms with van der Waals surface area (Å²) in [4.78, 5) is 39.4. The van der Waals surface area contributed by atoms with E-state index < -0.39 is 22.7 Å². The number of hydrogen-bond acceptors (Lipinski definition) is 6. The zero-order valence-electron chi connectivity index (χ0n) is 17.0. The van der Waals surface area contributed by atoms with Crippen molar-refractivity contribution in [2.75, 3.05) is 27.2 Å². The lowest BCUT2D eigenvalue weighted by atomic mass is 9.95. The molecule has 0 radical (unpaired) electrons. The molecule has 0 aromatic heterocycles. The number of hydrogen-bond donors (Lipinski definition) is 1. The molecular formula is C22H23N3O5. The summed E-state index contributed by atoms with van der Waals surface area (Å²) in [7, 11) is 3.70. The van der Waals surface area contributed by atoms with Gasteiger partial charge in [-0.25, -0.2) is 0 Å². The molecule has 1 aliphatic rings. The van der Waals surface area contributed by atoms with E-state index in [0.29, 0.717) is 17.7 Å². The van der Waals surface area contributed by atoms with Crippen molar-refractivity contribution in [2.45, 2.75) is 13.0 Å². The molecule has 3 rings (SSSR count). The van der Waals surface area contributed by atoms with Gasteiger partial charge in [-0.1, -0.05) is 29.8 Å². The summed E-state index contributed by atoms with van der Waals surface area (Å²) in [5, 5.41) is 21.9. The third-order valence-electron chi connectivity index (χ3n) is 5.07. The quantitative estimate of drug-likeness (QED) is 0.259. The zero-order chi connectivity index (χ0) is 22.0. The number of nitrogens with zero attached hydrogens (tertiary/aromatic N) is 3. The summed E-state index contributed by atoms with van der Waals surface area (Å²) in [6, 6.07) is 11.8. The van der Waals surface area contributed by atoms with Crippen molar-refractivity contribution >= 4 is 23.1 Å². The van der Waals surface area contributed by atoms with Gasteiger partial charge in [0.05, 0.1) is 16.5 Å². The predicted molar refractivity (Wildman–Crippen MR) is 112 cm³/mol. The highest BCUT2D eigenvalue weighted by molar-refractivity contribution is 6.46. The maximum Gasteiger partial charge on any atom is 0.295 e. The Bertz CT molecular complexity index is 1010. The Morgan fingerprint density at radius 3 is 2.23 bits per heavy atom. The van der Waals surface area contributed by atoms with Crippen LogP contribution in [-0.2, 0) is 9.59 Å². The highest BCUT2D eigenvalue weighted by Gasteiger charge is 2.45. The molecule has 156 valence electrons. The number of aryl methyl sites for hydroxylation is 1. The number of nitro groups is 1. The predicted octanol–water partition coefficient (Wildman–Crippen LogP) is 2.89. The fourth-order valence-electron chi connectivity index (χ4n) is 3.41. The Kier molecular flexibility index (Phi) is 5.98. The van der Waals surface area contributed by atoms with E-state index in [1.165, 1.54) is 29.2 Å². The number of nitro benzene ring substituents is 1. The molecule has 1 aliphatic heterocycles. The number of carbonyl (C=O) groups is 2. The van der Waals surface area contributed by atoms with Gasteiger partial charge in [0, 0.05) is 30.8 Å². The molecule has 0 bridgehead atoms. The fraction of sp³-hybridized carbons (Fsp3) is 0.273. The number of non-ortho nitro benzene ring substituents is 1. The van der Waals surface area contributed by atoms with Crippen LogP contribution in [-0.4, -0.2) is 58.7 Å². The average molecular weight is 409 g/mol. The first-order valence-corrected chi connectivity index (χ1v) is 9.45. The molecule has 0 saturated carbocycles. The zero-order valence-corrected chi connectivity index (χ0v) is 17.0. The molecule has 8 heteroatoms. The molecule has 2 aromatic carbocycles. The second-order valence-electron chi connectivity index (χ2n) is 7.51. The molecule has 1 atom stereocenters. The third kappa shape index (κ3) is 4.08. The Labute approximate surface area is 174 Å². The number of Topliss-reactive ketones (excluding diaryl/α,β-unsaturated/α-hetero) is 1. The fourth-order valence-corrected chi connectivity index (χ4v) is 3.41. The number of rotatable bonds is 6.